The maximum Gasteiger partial charge on any atom is 0.417 e. The van der Waals surface area contributed by atoms with E-state index in [1.165, 1.54) is 12.1 Å². The standard InChI is InChI=1S/C11H13ClF3NO/c1-7(17)5-16-6-8-2-3-10(12)9(4-8)11(13,14)15/h2-4,7,16-17H,5-6H2,1H3. The highest BCUT2D eigenvalue weighted by Gasteiger charge is 2.33. The van der Waals surface area contributed by atoms with E-state index in [0.29, 0.717) is 12.1 Å². The maximum atomic E-state index is 12.5. The molecule has 0 saturated carbocycles. The minimum absolute atomic E-state index is 0.255. The number of hydrogen-bond acceptors (Lipinski definition) is 2. The predicted octanol–water partition coefficient (Wildman–Crippen LogP) is 2.83. The van der Waals surface area contributed by atoms with E-state index in [1.54, 1.807) is 6.92 Å². The fourth-order valence-corrected chi connectivity index (χ4v) is 1.55. The molecule has 0 saturated heterocycles. The van der Waals surface area contributed by atoms with E-state index in [9.17, 15) is 13.2 Å². The summed E-state index contributed by atoms with van der Waals surface area (Å²) >= 11 is 5.48. The van der Waals surface area contributed by atoms with Crippen LogP contribution in [0.2, 0.25) is 5.02 Å². The van der Waals surface area contributed by atoms with Crippen LogP contribution in [0.5, 0.6) is 0 Å². The number of hydrogen-bond donors (Lipinski definition) is 2. The van der Waals surface area contributed by atoms with Crippen LogP contribution in [0, 0.1) is 0 Å². The number of aliphatic hydroxyl groups excluding tert-OH is 1. The van der Waals surface area contributed by atoms with Gasteiger partial charge in [0.15, 0.2) is 0 Å². The summed E-state index contributed by atoms with van der Waals surface area (Å²) in [7, 11) is 0. The molecule has 1 aromatic rings. The molecule has 1 aromatic carbocycles. The first-order chi connectivity index (χ1) is 7.80. The molecule has 0 aliphatic carbocycles. The number of benzene rings is 1. The van der Waals surface area contributed by atoms with Gasteiger partial charge in [0.05, 0.1) is 16.7 Å². The van der Waals surface area contributed by atoms with Crippen molar-refractivity contribution in [3.8, 4) is 0 Å². The highest BCUT2D eigenvalue weighted by Crippen LogP contribution is 2.35. The molecule has 1 unspecified atom stereocenters. The van der Waals surface area contributed by atoms with Crippen molar-refractivity contribution in [2.45, 2.75) is 25.7 Å². The van der Waals surface area contributed by atoms with Gasteiger partial charge in [-0.3, -0.25) is 0 Å². The third kappa shape index (κ3) is 4.53. The van der Waals surface area contributed by atoms with Crippen molar-refractivity contribution in [2.24, 2.45) is 0 Å². The third-order valence-electron chi connectivity index (χ3n) is 2.11. The molecule has 0 bridgehead atoms. The van der Waals surface area contributed by atoms with E-state index >= 15 is 0 Å². The summed E-state index contributed by atoms with van der Waals surface area (Å²) in [6.45, 7) is 2.17. The summed E-state index contributed by atoms with van der Waals surface area (Å²) < 4.78 is 37.6. The fourth-order valence-electron chi connectivity index (χ4n) is 1.33. The summed E-state index contributed by atoms with van der Waals surface area (Å²) in [6, 6.07) is 3.76. The first-order valence-electron chi connectivity index (χ1n) is 5.05. The Balaban J connectivity index is 2.76. The van der Waals surface area contributed by atoms with Gasteiger partial charge in [0.1, 0.15) is 0 Å². The number of nitrogens with one attached hydrogen (secondary N) is 1. The van der Waals surface area contributed by atoms with Crippen LogP contribution >= 0.6 is 11.6 Å². The molecule has 0 fully saturated rings. The van der Waals surface area contributed by atoms with Crippen molar-refractivity contribution in [2.75, 3.05) is 6.54 Å². The molecule has 96 valence electrons. The van der Waals surface area contributed by atoms with Crippen LogP contribution in [0.1, 0.15) is 18.1 Å². The van der Waals surface area contributed by atoms with Gasteiger partial charge in [-0.1, -0.05) is 17.7 Å². The normalized spacial score (nSPS) is 13.8. The Morgan fingerprint density at radius 1 is 1.41 bits per heavy atom. The smallest absolute Gasteiger partial charge is 0.392 e. The average molecular weight is 268 g/mol. The average Bonchev–Trinajstić information content (AvgIpc) is 2.18. The zero-order valence-corrected chi connectivity index (χ0v) is 9.94. The van der Waals surface area contributed by atoms with Crippen LogP contribution in [0.3, 0.4) is 0 Å². The lowest BCUT2D eigenvalue weighted by Gasteiger charge is -2.12. The van der Waals surface area contributed by atoms with Gasteiger partial charge in [0, 0.05) is 13.1 Å². The van der Waals surface area contributed by atoms with E-state index in [2.05, 4.69) is 5.32 Å². The van der Waals surface area contributed by atoms with Crippen LogP contribution < -0.4 is 5.32 Å². The second kappa shape index (κ2) is 5.71. The Labute approximate surface area is 102 Å². The van der Waals surface area contributed by atoms with E-state index in [1.807, 2.05) is 0 Å². The van der Waals surface area contributed by atoms with E-state index in [4.69, 9.17) is 16.7 Å². The molecule has 1 rings (SSSR count). The predicted molar refractivity (Wildman–Crippen MR) is 59.8 cm³/mol. The molecule has 0 aliphatic rings. The number of halogens is 4. The van der Waals surface area contributed by atoms with Crippen LogP contribution in [0.15, 0.2) is 18.2 Å². The molecular formula is C11H13ClF3NO. The molecule has 0 spiro atoms. The topological polar surface area (TPSA) is 32.3 Å². The van der Waals surface area contributed by atoms with Gasteiger partial charge in [-0.05, 0) is 24.6 Å². The summed E-state index contributed by atoms with van der Waals surface area (Å²) in [5, 5.41) is 11.5. The molecule has 0 heterocycles. The second-order valence-corrected chi connectivity index (χ2v) is 4.20. The van der Waals surface area contributed by atoms with Crippen molar-refractivity contribution < 1.29 is 18.3 Å². The SMILES string of the molecule is CC(O)CNCc1ccc(Cl)c(C(F)(F)F)c1. The molecule has 0 radical (unpaired) electrons. The monoisotopic (exact) mass is 267 g/mol. The highest BCUT2D eigenvalue weighted by molar-refractivity contribution is 6.31. The first kappa shape index (κ1) is 14.3. The van der Waals surface area contributed by atoms with Crippen molar-refractivity contribution in [1.29, 1.82) is 0 Å². The number of rotatable bonds is 4. The van der Waals surface area contributed by atoms with Crippen LogP contribution in [-0.4, -0.2) is 17.8 Å². The highest BCUT2D eigenvalue weighted by atomic mass is 35.5. The van der Waals surface area contributed by atoms with E-state index < -0.39 is 17.8 Å². The van der Waals surface area contributed by atoms with Crippen molar-refractivity contribution in [3.05, 3.63) is 34.3 Å². The summed E-state index contributed by atoms with van der Waals surface area (Å²) in [4.78, 5) is 0. The molecular weight excluding hydrogens is 255 g/mol. The molecule has 0 aromatic heterocycles. The second-order valence-electron chi connectivity index (χ2n) is 3.79. The van der Waals surface area contributed by atoms with Gasteiger partial charge in [-0.25, -0.2) is 0 Å². The molecule has 6 heteroatoms. The summed E-state index contributed by atoms with van der Waals surface area (Å²) in [5.41, 5.74) is -0.363. The van der Waals surface area contributed by atoms with Gasteiger partial charge in [0.2, 0.25) is 0 Å². The van der Waals surface area contributed by atoms with Crippen molar-refractivity contribution in [1.82, 2.24) is 5.32 Å². The fraction of sp³-hybridized carbons (Fsp3) is 0.455. The van der Waals surface area contributed by atoms with Crippen molar-refractivity contribution >= 4 is 11.6 Å². The van der Waals surface area contributed by atoms with Gasteiger partial charge in [0.25, 0.3) is 0 Å². The molecule has 2 N–H and O–H groups in total. The summed E-state index contributed by atoms with van der Waals surface area (Å²) in [6.07, 6.45) is -4.98. The van der Waals surface area contributed by atoms with Crippen molar-refractivity contribution in [3.63, 3.8) is 0 Å². The number of alkyl halides is 3. The van der Waals surface area contributed by atoms with E-state index in [0.717, 1.165) is 6.07 Å². The quantitative estimate of drug-likeness (QED) is 0.879. The van der Waals surface area contributed by atoms with Crippen LogP contribution in [-0.2, 0) is 12.7 Å². The maximum absolute atomic E-state index is 12.5. The van der Waals surface area contributed by atoms with Gasteiger partial charge >= 0.3 is 6.18 Å². The summed E-state index contributed by atoms with van der Waals surface area (Å²) in [5.74, 6) is 0. The molecule has 17 heavy (non-hydrogen) atoms. The van der Waals surface area contributed by atoms with Gasteiger partial charge in [-0.2, -0.15) is 13.2 Å². The van der Waals surface area contributed by atoms with Crippen LogP contribution in [0.25, 0.3) is 0 Å². The number of aliphatic hydroxyl groups is 1. The van der Waals surface area contributed by atoms with E-state index in [-0.39, 0.29) is 11.6 Å². The first-order valence-corrected chi connectivity index (χ1v) is 5.43. The Kier molecular flexibility index (Phi) is 4.80. The zero-order valence-electron chi connectivity index (χ0n) is 9.18. The zero-order chi connectivity index (χ0) is 13.1. The van der Waals surface area contributed by atoms with Gasteiger partial charge in [-0.15, -0.1) is 0 Å². The third-order valence-corrected chi connectivity index (χ3v) is 2.43. The minimum atomic E-state index is -4.45. The van der Waals surface area contributed by atoms with Crippen LogP contribution in [0.4, 0.5) is 13.2 Å². The molecule has 2 nitrogen and oxygen atoms in total. The Morgan fingerprint density at radius 2 is 2.06 bits per heavy atom. The Bertz CT molecular complexity index is 379. The molecule has 0 aliphatic heterocycles. The molecule has 0 amide bonds. The Morgan fingerprint density at radius 3 is 2.59 bits per heavy atom. The lowest BCUT2D eigenvalue weighted by Crippen LogP contribution is -2.24. The largest absolute Gasteiger partial charge is 0.417 e. The van der Waals surface area contributed by atoms with Gasteiger partial charge < -0.3 is 10.4 Å². The molecule has 1 atom stereocenters. The minimum Gasteiger partial charge on any atom is -0.392 e. The lowest BCUT2D eigenvalue weighted by molar-refractivity contribution is -0.137. The Hall–Kier alpha value is -0.780. The lowest BCUT2D eigenvalue weighted by atomic mass is 10.1.